The molecule has 144 valence electrons. The molecule has 27 heavy (non-hydrogen) atoms. The lowest BCUT2D eigenvalue weighted by molar-refractivity contribution is -0.120. The Morgan fingerprint density at radius 3 is 2.33 bits per heavy atom. The van der Waals surface area contributed by atoms with Gasteiger partial charge in [0.05, 0.1) is 18.4 Å². The van der Waals surface area contributed by atoms with Crippen molar-refractivity contribution in [3.8, 4) is 11.5 Å². The van der Waals surface area contributed by atoms with Gasteiger partial charge in [0.15, 0.2) is 0 Å². The van der Waals surface area contributed by atoms with Gasteiger partial charge in [0.1, 0.15) is 18.0 Å². The smallest absolute Gasteiger partial charge is 0.244 e. The Morgan fingerprint density at radius 2 is 1.74 bits per heavy atom. The largest absolute Gasteiger partial charge is 0.492 e. The molecule has 1 N–H and O–H groups in total. The molecule has 0 heterocycles. The molecule has 0 aromatic heterocycles. The highest BCUT2D eigenvalue weighted by Crippen LogP contribution is 2.28. The molecule has 0 saturated heterocycles. The van der Waals surface area contributed by atoms with Gasteiger partial charge in [-0.15, -0.1) is 0 Å². The molecule has 0 fully saturated rings. The second kappa shape index (κ2) is 9.62. The maximum absolute atomic E-state index is 12.5. The van der Waals surface area contributed by atoms with Gasteiger partial charge in [-0.05, 0) is 57.2 Å². The van der Waals surface area contributed by atoms with E-state index in [2.05, 4.69) is 5.32 Å². The van der Waals surface area contributed by atoms with E-state index in [0.29, 0.717) is 23.7 Å². The van der Waals surface area contributed by atoms with E-state index in [1.54, 1.807) is 42.5 Å². The summed E-state index contributed by atoms with van der Waals surface area (Å²) in [7, 11) is 0. The molecule has 0 spiro atoms. The first kappa shape index (κ1) is 20.3. The molecular weight excluding hydrogens is 344 g/mol. The minimum Gasteiger partial charge on any atom is -0.492 e. The van der Waals surface area contributed by atoms with Crippen LogP contribution in [0.25, 0.3) is 0 Å². The zero-order valence-corrected chi connectivity index (χ0v) is 16.2. The van der Waals surface area contributed by atoms with Crippen molar-refractivity contribution in [2.45, 2.75) is 33.8 Å². The third-order valence-corrected chi connectivity index (χ3v) is 3.65. The number of carbonyl (C=O) groups excluding carboxylic acids is 2. The number of hydrogen-bond donors (Lipinski definition) is 1. The Labute approximate surface area is 160 Å². The molecule has 0 radical (unpaired) electrons. The number of carbonyl (C=O) groups is 2. The number of amides is 2. The minimum atomic E-state index is -0.297. The SMILES string of the molecule is CCOc1ccccc1N(CC(=O)Nc1ccc(OC(C)C)cc1)C(C)=O. The van der Waals surface area contributed by atoms with Crippen molar-refractivity contribution in [2.75, 3.05) is 23.4 Å². The van der Waals surface area contributed by atoms with Gasteiger partial charge in [0.25, 0.3) is 0 Å². The van der Waals surface area contributed by atoms with Crippen LogP contribution in [0.3, 0.4) is 0 Å². The van der Waals surface area contributed by atoms with Crippen molar-refractivity contribution in [2.24, 2.45) is 0 Å². The summed E-state index contributed by atoms with van der Waals surface area (Å²) < 4.78 is 11.2. The Hall–Kier alpha value is -3.02. The van der Waals surface area contributed by atoms with Gasteiger partial charge in [-0.1, -0.05) is 12.1 Å². The summed E-state index contributed by atoms with van der Waals surface area (Å²) in [5.74, 6) is 0.768. The van der Waals surface area contributed by atoms with Gasteiger partial charge in [0, 0.05) is 12.6 Å². The van der Waals surface area contributed by atoms with Crippen LogP contribution >= 0.6 is 0 Å². The lowest BCUT2D eigenvalue weighted by atomic mass is 10.2. The molecule has 0 unspecified atom stereocenters. The average molecular weight is 370 g/mol. The highest BCUT2D eigenvalue weighted by molar-refractivity contribution is 6.02. The molecule has 2 aromatic rings. The third-order valence-electron chi connectivity index (χ3n) is 3.65. The molecule has 0 aliphatic heterocycles. The van der Waals surface area contributed by atoms with Crippen LogP contribution in [-0.2, 0) is 9.59 Å². The van der Waals surface area contributed by atoms with Crippen LogP contribution in [0.15, 0.2) is 48.5 Å². The molecule has 2 rings (SSSR count). The van der Waals surface area contributed by atoms with Gasteiger partial charge < -0.3 is 14.8 Å². The first-order valence-corrected chi connectivity index (χ1v) is 8.97. The van der Waals surface area contributed by atoms with Crippen molar-refractivity contribution in [3.05, 3.63) is 48.5 Å². The summed E-state index contributed by atoms with van der Waals surface area (Å²) in [5.41, 5.74) is 1.21. The Balaban J connectivity index is 2.08. The van der Waals surface area contributed by atoms with E-state index in [0.717, 1.165) is 5.75 Å². The summed E-state index contributed by atoms with van der Waals surface area (Å²) in [5, 5.41) is 2.80. The third kappa shape index (κ3) is 6.02. The zero-order valence-electron chi connectivity index (χ0n) is 16.2. The second-order valence-corrected chi connectivity index (χ2v) is 6.25. The second-order valence-electron chi connectivity index (χ2n) is 6.25. The molecule has 0 saturated carbocycles. The van der Waals surface area contributed by atoms with E-state index in [4.69, 9.17) is 9.47 Å². The van der Waals surface area contributed by atoms with Gasteiger partial charge in [-0.25, -0.2) is 0 Å². The van der Waals surface area contributed by atoms with Crippen LogP contribution in [0, 0.1) is 0 Å². The maximum atomic E-state index is 12.5. The van der Waals surface area contributed by atoms with Crippen LogP contribution in [0.1, 0.15) is 27.7 Å². The predicted octanol–water partition coefficient (Wildman–Crippen LogP) is 3.86. The number of hydrogen-bond acceptors (Lipinski definition) is 4. The number of nitrogens with one attached hydrogen (secondary N) is 1. The predicted molar refractivity (Wildman–Crippen MR) is 106 cm³/mol. The fraction of sp³-hybridized carbons (Fsp3) is 0.333. The first-order chi connectivity index (χ1) is 12.9. The lowest BCUT2D eigenvalue weighted by Crippen LogP contribution is -2.37. The zero-order chi connectivity index (χ0) is 19.8. The van der Waals surface area contributed by atoms with E-state index < -0.39 is 0 Å². The topological polar surface area (TPSA) is 67.9 Å². The number of ether oxygens (including phenoxy) is 2. The number of anilines is 2. The number of benzene rings is 2. The van der Waals surface area contributed by atoms with Gasteiger partial charge >= 0.3 is 0 Å². The molecule has 0 bridgehead atoms. The molecule has 2 aromatic carbocycles. The summed E-state index contributed by atoms with van der Waals surface area (Å²) in [4.78, 5) is 26.0. The van der Waals surface area contributed by atoms with E-state index in [1.807, 2.05) is 26.8 Å². The van der Waals surface area contributed by atoms with Crippen LogP contribution in [0.2, 0.25) is 0 Å². The van der Waals surface area contributed by atoms with Crippen LogP contribution < -0.4 is 19.7 Å². The van der Waals surface area contributed by atoms with Crippen LogP contribution in [-0.4, -0.2) is 31.1 Å². The highest BCUT2D eigenvalue weighted by Gasteiger charge is 2.19. The number of nitrogens with zero attached hydrogens (tertiary/aromatic N) is 1. The molecule has 0 aliphatic rings. The summed E-state index contributed by atoms with van der Waals surface area (Å²) in [6.07, 6.45) is 0.0833. The maximum Gasteiger partial charge on any atom is 0.244 e. The van der Waals surface area contributed by atoms with Crippen molar-refractivity contribution in [1.82, 2.24) is 0 Å². The van der Waals surface area contributed by atoms with E-state index in [1.165, 1.54) is 11.8 Å². The summed E-state index contributed by atoms with van der Waals surface area (Å²) in [6.45, 7) is 7.56. The lowest BCUT2D eigenvalue weighted by Gasteiger charge is -2.23. The number of para-hydroxylation sites is 2. The van der Waals surface area contributed by atoms with Crippen molar-refractivity contribution >= 4 is 23.2 Å². The Kier molecular flexibility index (Phi) is 7.23. The monoisotopic (exact) mass is 370 g/mol. The average Bonchev–Trinajstić information content (AvgIpc) is 2.62. The molecule has 0 aliphatic carbocycles. The molecule has 2 amide bonds. The van der Waals surface area contributed by atoms with E-state index >= 15 is 0 Å². The molecule has 0 atom stereocenters. The molecule has 6 nitrogen and oxygen atoms in total. The fourth-order valence-corrected chi connectivity index (χ4v) is 2.56. The van der Waals surface area contributed by atoms with Gasteiger partial charge in [-0.2, -0.15) is 0 Å². The summed E-state index contributed by atoms with van der Waals surface area (Å²) >= 11 is 0. The van der Waals surface area contributed by atoms with Crippen molar-refractivity contribution in [3.63, 3.8) is 0 Å². The normalized spacial score (nSPS) is 10.4. The molecular formula is C21H26N2O4. The van der Waals surface area contributed by atoms with Crippen LogP contribution in [0.5, 0.6) is 11.5 Å². The number of rotatable bonds is 8. The van der Waals surface area contributed by atoms with Gasteiger partial charge in [0.2, 0.25) is 11.8 Å². The fourth-order valence-electron chi connectivity index (χ4n) is 2.56. The quantitative estimate of drug-likeness (QED) is 0.766. The summed E-state index contributed by atoms with van der Waals surface area (Å²) in [6, 6.07) is 14.3. The van der Waals surface area contributed by atoms with E-state index in [-0.39, 0.29) is 24.5 Å². The van der Waals surface area contributed by atoms with Crippen molar-refractivity contribution < 1.29 is 19.1 Å². The Bertz CT molecular complexity index is 772. The van der Waals surface area contributed by atoms with Crippen molar-refractivity contribution in [1.29, 1.82) is 0 Å². The Morgan fingerprint density at radius 1 is 1.07 bits per heavy atom. The van der Waals surface area contributed by atoms with E-state index in [9.17, 15) is 9.59 Å². The van der Waals surface area contributed by atoms with Gasteiger partial charge in [-0.3, -0.25) is 14.5 Å². The standard InChI is InChI=1S/C21H26N2O4/c1-5-26-20-9-7-6-8-19(20)23(16(4)24)14-21(25)22-17-10-12-18(13-11-17)27-15(2)3/h6-13,15H,5,14H2,1-4H3,(H,22,25). The molecule has 6 heteroatoms. The first-order valence-electron chi connectivity index (χ1n) is 8.97. The minimum absolute atomic E-state index is 0.0833. The highest BCUT2D eigenvalue weighted by atomic mass is 16.5. The van der Waals surface area contributed by atoms with Crippen LogP contribution in [0.4, 0.5) is 11.4 Å².